The molecule has 4 atom stereocenters. The largest absolute Gasteiger partial charge is 0.468 e. The molecule has 1 aromatic rings. The Hall–Kier alpha value is -2.61. The van der Waals surface area contributed by atoms with E-state index in [1.54, 1.807) is 17.2 Å². The molecular weight excluding hydrogens is 460 g/mol. The molecule has 1 saturated carbocycles. The lowest BCUT2D eigenvalue weighted by Crippen LogP contribution is -2.61. The van der Waals surface area contributed by atoms with Crippen molar-refractivity contribution in [2.75, 3.05) is 20.2 Å². The normalized spacial score (nSPS) is 30.7. The van der Waals surface area contributed by atoms with E-state index in [1.807, 2.05) is 17.0 Å². The third-order valence-electron chi connectivity index (χ3n) is 8.32. The van der Waals surface area contributed by atoms with Gasteiger partial charge in [-0.1, -0.05) is 13.8 Å². The van der Waals surface area contributed by atoms with Crippen molar-refractivity contribution < 1.29 is 28.3 Å². The van der Waals surface area contributed by atoms with E-state index in [4.69, 9.17) is 13.9 Å². The molecule has 196 valence electrons. The van der Waals surface area contributed by atoms with Gasteiger partial charge in [0.25, 0.3) is 0 Å². The number of fused-ring (bicyclic) bond motifs is 1. The van der Waals surface area contributed by atoms with Crippen molar-refractivity contribution in [2.45, 2.75) is 77.5 Å². The van der Waals surface area contributed by atoms with E-state index in [0.29, 0.717) is 11.5 Å². The average molecular weight is 499 g/mol. The first-order valence-electron chi connectivity index (χ1n) is 13.4. The molecule has 2 amide bonds. The number of amides is 2. The van der Waals surface area contributed by atoms with Gasteiger partial charge in [-0.05, 0) is 68.6 Å². The molecule has 8 nitrogen and oxygen atoms in total. The van der Waals surface area contributed by atoms with Gasteiger partial charge in [0, 0.05) is 31.1 Å². The summed E-state index contributed by atoms with van der Waals surface area (Å²) in [6.07, 6.45) is 8.29. The van der Waals surface area contributed by atoms with Crippen LogP contribution in [0.3, 0.4) is 0 Å². The lowest BCUT2D eigenvalue weighted by Gasteiger charge is -2.53. The fourth-order valence-corrected chi connectivity index (χ4v) is 6.25. The number of carbonyl (C=O) groups excluding carboxylic acids is 3. The third-order valence-corrected chi connectivity index (χ3v) is 8.32. The highest BCUT2D eigenvalue weighted by atomic mass is 16.5. The minimum atomic E-state index is -1.13. The second-order valence-corrected chi connectivity index (χ2v) is 11.2. The molecule has 8 heteroatoms. The van der Waals surface area contributed by atoms with Gasteiger partial charge in [0.05, 0.1) is 32.1 Å². The van der Waals surface area contributed by atoms with Gasteiger partial charge in [-0.2, -0.15) is 0 Å². The Labute approximate surface area is 213 Å². The molecule has 3 aliphatic heterocycles. The monoisotopic (exact) mass is 498 g/mol. The standard InChI is InChI=1S/C28H38N2O6/c1-18(2)22-15-23-28(27(33)34-3,25(36-22)19-9-10-19)16-20(14-24(31)29-11-5-4-6-12-29)26(32)30(23)17-21-8-7-13-35-21/h7-8,13,15,18-20,22,25H,4-6,9-12,14,16-17H2,1-3H3/t20-,22+,25+,28+/m0/s1. The summed E-state index contributed by atoms with van der Waals surface area (Å²) in [5.41, 5.74) is -0.478. The summed E-state index contributed by atoms with van der Waals surface area (Å²) in [4.78, 5) is 44.6. The first-order chi connectivity index (χ1) is 17.3. The molecule has 2 saturated heterocycles. The predicted molar refractivity (Wildman–Crippen MR) is 131 cm³/mol. The van der Waals surface area contributed by atoms with Crippen molar-refractivity contribution in [3.05, 3.63) is 35.9 Å². The van der Waals surface area contributed by atoms with E-state index >= 15 is 0 Å². The Kier molecular flexibility index (Phi) is 6.99. The molecule has 0 radical (unpaired) electrons. The lowest BCUT2D eigenvalue weighted by atomic mass is 9.64. The summed E-state index contributed by atoms with van der Waals surface area (Å²) in [5, 5.41) is 0. The van der Waals surface area contributed by atoms with Gasteiger partial charge in [0.1, 0.15) is 11.2 Å². The highest BCUT2D eigenvalue weighted by Crippen LogP contribution is 2.56. The number of likely N-dealkylation sites (tertiary alicyclic amines) is 2. The number of carbonyl (C=O) groups is 3. The second-order valence-electron chi connectivity index (χ2n) is 11.2. The SMILES string of the molecule is COC(=O)[C@]12C[C@H](CC(=O)N3CCCCC3)C(=O)N(Cc3ccco3)C1=C[C@H](C(C)C)O[C@@H]2C1CC1. The van der Waals surface area contributed by atoms with E-state index in [0.717, 1.165) is 45.2 Å². The summed E-state index contributed by atoms with van der Waals surface area (Å²) in [6.45, 7) is 5.82. The molecule has 1 aliphatic carbocycles. The maximum Gasteiger partial charge on any atom is 0.320 e. The maximum atomic E-state index is 14.0. The predicted octanol–water partition coefficient (Wildman–Crippen LogP) is 3.91. The van der Waals surface area contributed by atoms with Gasteiger partial charge < -0.3 is 23.7 Å². The molecule has 0 N–H and O–H groups in total. The number of methoxy groups -OCH3 is 1. The van der Waals surface area contributed by atoms with Crippen molar-refractivity contribution in [1.29, 1.82) is 0 Å². The number of ether oxygens (including phenoxy) is 2. The zero-order valence-electron chi connectivity index (χ0n) is 21.6. The molecule has 1 aromatic heterocycles. The number of piperidine rings is 2. The molecule has 4 aliphatic rings. The van der Waals surface area contributed by atoms with Crippen molar-refractivity contribution in [3.8, 4) is 0 Å². The Morgan fingerprint density at radius 2 is 1.94 bits per heavy atom. The van der Waals surface area contributed by atoms with Crippen LogP contribution >= 0.6 is 0 Å². The van der Waals surface area contributed by atoms with Crippen LogP contribution in [0.25, 0.3) is 0 Å². The molecule has 3 fully saturated rings. The Morgan fingerprint density at radius 3 is 2.56 bits per heavy atom. The summed E-state index contributed by atoms with van der Waals surface area (Å²) in [7, 11) is 1.40. The van der Waals surface area contributed by atoms with Gasteiger partial charge in [0.15, 0.2) is 0 Å². The number of hydrogen-bond acceptors (Lipinski definition) is 6. The number of esters is 1. The van der Waals surface area contributed by atoms with Gasteiger partial charge in [0.2, 0.25) is 11.8 Å². The molecule has 5 rings (SSSR count). The van der Waals surface area contributed by atoms with Gasteiger partial charge in [-0.25, -0.2) is 0 Å². The summed E-state index contributed by atoms with van der Waals surface area (Å²) < 4.78 is 17.7. The van der Waals surface area contributed by atoms with E-state index < -0.39 is 17.4 Å². The van der Waals surface area contributed by atoms with Gasteiger partial charge in [-0.15, -0.1) is 0 Å². The fraction of sp³-hybridized carbons (Fsp3) is 0.679. The Bertz CT molecular complexity index is 1010. The third kappa shape index (κ3) is 4.49. The highest BCUT2D eigenvalue weighted by Gasteiger charge is 2.64. The van der Waals surface area contributed by atoms with Gasteiger partial charge in [-0.3, -0.25) is 14.4 Å². The number of hydrogen-bond donors (Lipinski definition) is 0. The first-order valence-corrected chi connectivity index (χ1v) is 13.4. The van der Waals surface area contributed by atoms with Crippen LogP contribution < -0.4 is 0 Å². The van der Waals surface area contributed by atoms with E-state index in [1.165, 1.54) is 7.11 Å². The minimum Gasteiger partial charge on any atom is -0.468 e. The summed E-state index contributed by atoms with van der Waals surface area (Å²) in [5.74, 6) is -0.146. The van der Waals surface area contributed by atoms with Crippen LogP contribution in [0.1, 0.15) is 64.6 Å². The maximum absolute atomic E-state index is 14.0. The number of furan rings is 1. The molecule has 4 heterocycles. The van der Waals surface area contributed by atoms with E-state index in [9.17, 15) is 14.4 Å². The van der Waals surface area contributed by atoms with Crippen molar-refractivity contribution in [1.82, 2.24) is 9.80 Å². The van der Waals surface area contributed by atoms with Crippen molar-refractivity contribution >= 4 is 17.8 Å². The smallest absolute Gasteiger partial charge is 0.320 e. The molecule has 0 unspecified atom stereocenters. The zero-order chi connectivity index (χ0) is 25.4. The van der Waals surface area contributed by atoms with Crippen LogP contribution in [-0.2, 0) is 30.4 Å². The Balaban J connectivity index is 1.57. The van der Waals surface area contributed by atoms with Crippen molar-refractivity contribution in [3.63, 3.8) is 0 Å². The van der Waals surface area contributed by atoms with Crippen LogP contribution in [-0.4, -0.2) is 60.0 Å². The number of nitrogens with zero attached hydrogens (tertiary/aromatic N) is 2. The molecule has 0 aromatic carbocycles. The molecule has 0 bridgehead atoms. The summed E-state index contributed by atoms with van der Waals surface area (Å²) >= 11 is 0. The highest BCUT2D eigenvalue weighted by molar-refractivity contribution is 5.92. The average Bonchev–Trinajstić information content (AvgIpc) is 3.60. The van der Waals surface area contributed by atoms with E-state index in [-0.39, 0.29) is 55.1 Å². The number of rotatable bonds is 7. The van der Waals surface area contributed by atoms with Gasteiger partial charge >= 0.3 is 5.97 Å². The Morgan fingerprint density at radius 1 is 1.19 bits per heavy atom. The lowest BCUT2D eigenvalue weighted by molar-refractivity contribution is -0.182. The van der Waals surface area contributed by atoms with Crippen LogP contribution in [0.4, 0.5) is 0 Å². The van der Waals surface area contributed by atoms with Crippen LogP contribution in [0.15, 0.2) is 34.6 Å². The molecule has 0 spiro atoms. The van der Waals surface area contributed by atoms with Crippen molar-refractivity contribution in [2.24, 2.45) is 23.2 Å². The first kappa shape index (κ1) is 25.1. The van der Waals surface area contributed by atoms with Crippen LogP contribution in [0.5, 0.6) is 0 Å². The zero-order valence-corrected chi connectivity index (χ0v) is 21.6. The quantitative estimate of drug-likeness (QED) is 0.530. The summed E-state index contributed by atoms with van der Waals surface area (Å²) in [6, 6.07) is 3.62. The molecular formula is C28H38N2O6. The molecule has 36 heavy (non-hydrogen) atoms. The van der Waals surface area contributed by atoms with E-state index in [2.05, 4.69) is 13.8 Å². The second kappa shape index (κ2) is 10.0. The fourth-order valence-electron chi connectivity index (χ4n) is 6.25. The topological polar surface area (TPSA) is 89.3 Å². The van der Waals surface area contributed by atoms with Crippen LogP contribution in [0.2, 0.25) is 0 Å². The van der Waals surface area contributed by atoms with Crippen LogP contribution in [0, 0.1) is 23.2 Å². The minimum absolute atomic E-state index is 0.0156.